The van der Waals surface area contributed by atoms with Crippen LogP contribution in [0.3, 0.4) is 0 Å². The molecule has 19 heavy (non-hydrogen) atoms. The van der Waals surface area contributed by atoms with Crippen LogP contribution in [0.4, 0.5) is 0 Å². The number of nitrogens with one attached hydrogen (secondary N) is 1. The summed E-state index contributed by atoms with van der Waals surface area (Å²) in [7, 11) is 0. The van der Waals surface area contributed by atoms with Crippen molar-refractivity contribution in [1.29, 1.82) is 0 Å². The lowest BCUT2D eigenvalue weighted by molar-refractivity contribution is 0.0632. The second-order valence-electron chi connectivity index (χ2n) is 7.41. The maximum absolute atomic E-state index is 3.76. The van der Waals surface area contributed by atoms with Crippen LogP contribution in [-0.4, -0.2) is 36.1 Å². The van der Waals surface area contributed by atoms with Crippen molar-refractivity contribution in [2.24, 2.45) is 11.8 Å². The van der Waals surface area contributed by atoms with Crippen LogP contribution >= 0.6 is 0 Å². The third kappa shape index (κ3) is 3.33. The fraction of sp³-hybridized carbons (Fsp3) is 1.00. The standard InChI is InChI=1S/C17H32N2/c1-13-6-5-8-17(14(13)2)19(16-9-10-16)12-15-7-3-4-11-18-15/h13-18H,3-12H2,1-2H3. The molecule has 0 amide bonds. The van der Waals surface area contributed by atoms with E-state index in [9.17, 15) is 0 Å². The van der Waals surface area contributed by atoms with E-state index in [4.69, 9.17) is 0 Å². The molecule has 0 aromatic carbocycles. The van der Waals surface area contributed by atoms with Gasteiger partial charge in [-0.3, -0.25) is 4.90 Å². The van der Waals surface area contributed by atoms with Crippen LogP contribution in [0.1, 0.15) is 65.2 Å². The molecule has 2 heteroatoms. The van der Waals surface area contributed by atoms with Gasteiger partial charge in [0.1, 0.15) is 0 Å². The predicted molar refractivity (Wildman–Crippen MR) is 81.3 cm³/mol. The first-order valence-electron chi connectivity index (χ1n) is 8.75. The van der Waals surface area contributed by atoms with Crippen molar-refractivity contribution in [2.45, 2.75) is 83.3 Å². The quantitative estimate of drug-likeness (QED) is 0.837. The molecule has 1 heterocycles. The van der Waals surface area contributed by atoms with Crippen LogP contribution in [0.25, 0.3) is 0 Å². The normalized spacial score (nSPS) is 40.6. The smallest absolute Gasteiger partial charge is 0.0195 e. The fourth-order valence-corrected chi connectivity index (χ4v) is 4.32. The molecule has 2 saturated carbocycles. The summed E-state index contributed by atoms with van der Waals surface area (Å²) in [6, 6.07) is 2.58. The van der Waals surface area contributed by atoms with Gasteiger partial charge in [0.2, 0.25) is 0 Å². The second kappa shape index (κ2) is 6.13. The maximum Gasteiger partial charge on any atom is 0.0195 e. The van der Waals surface area contributed by atoms with Crippen molar-refractivity contribution in [2.75, 3.05) is 13.1 Å². The summed E-state index contributed by atoms with van der Waals surface area (Å²) in [5, 5.41) is 3.76. The molecule has 0 aromatic rings. The van der Waals surface area contributed by atoms with Crippen LogP contribution in [0.5, 0.6) is 0 Å². The summed E-state index contributed by atoms with van der Waals surface area (Å²) in [6.45, 7) is 7.56. The predicted octanol–water partition coefficient (Wildman–Crippen LogP) is 3.42. The Morgan fingerprint density at radius 2 is 1.79 bits per heavy atom. The number of hydrogen-bond donors (Lipinski definition) is 1. The molecule has 1 N–H and O–H groups in total. The molecule has 1 aliphatic heterocycles. The van der Waals surface area contributed by atoms with Gasteiger partial charge in [-0.05, 0) is 50.5 Å². The van der Waals surface area contributed by atoms with Gasteiger partial charge in [-0.1, -0.05) is 33.1 Å². The van der Waals surface area contributed by atoms with Crippen LogP contribution in [0.2, 0.25) is 0 Å². The average molecular weight is 264 g/mol. The zero-order valence-electron chi connectivity index (χ0n) is 12.9. The lowest BCUT2D eigenvalue weighted by Crippen LogP contribution is -2.51. The Balaban J connectivity index is 1.62. The first kappa shape index (κ1) is 13.9. The van der Waals surface area contributed by atoms with Gasteiger partial charge in [0.05, 0.1) is 0 Å². The number of piperidine rings is 1. The van der Waals surface area contributed by atoms with E-state index >= 15 is 0 Å². The third-order valence-corrected chi connectivity index (χ3v) is 5.95. The lowest BCUT2D eigenvalue weighted by Gasteiger charge is -2.43. The van der Waals surface area contributed by atoms with E-state index in [1.54, 1.807) is 0 Å². The molecule has 3 rings (SSSR count). The summed E-state index contributed by atoms with van der Waals surface area (Å²) in [5.74, 6) is 1.83. The summed E-state index contributed by atoms with van der Waals surface area (Å²) >= 11 is 0. The van der Waals surface area contributed by atoms with E-state index in [1.807, 2.05) is 0 Å². The zero-order valence-corrected chi connectivity index (χ0v) is 12.9. The number of hydrogen-bond acceptors (Lipinski definition) is 2. The SMILES string of the molecule is CC1CCCC(N(CC2CCCCN2)C2CC2)C1C. The highest BCUT2D eigenvalue weighted by Gasteiger charge is 2.39. The van der Waals surface area contributed by atoms with Gasteiger partial charge in [-0.15, -0.1) is 0 Å². The highest BCUT2D eigenvalue weighted by atomic mass is 15.2. The van der Waals surface area contributed by atoms with Crippen molar-refractivity contribution >= 4 is 0 Å². The molecule has 0 spiro atoms. The molecule has 2 aliphatic carbocycles. The zero-order chi connectivity index (χ0) is 13.2. The fourth-order valence-electron chi connectivity index (χ4n) is 4.32. The van der Waals surface area contributed by atoms with Gasteiger partial charge < -0.3 is 5.32 Å². The lowest BCUT2D eigenvalue weighted by atomic mass is 9.77. The molecule has 0 bridgehead atoms. The summed E-state index contributed by atoms with van der Waals surface area (Å²) in [4.78, 5) is 2.92. The maximum atomic E-state index is 3.76. The minimum atomic E-state index is 0.777. The molecule has 3 fully saturated rings. The van der Waals surface area contributed by atoms with E-state index in [2.05, 4.69) is 24.1 Å². The van der Waals surface area contributed by atoms with E-state index in [0.29, 0.717) is 0 Å². The van der Waals surface area contributed by atoms with Crippen LogP contribution in [0, 0.1) is 11.8 Å². The van der Waals surface area contributed by atoms with E-state index < -0.39 is 0 Å². The third-order valence-electron chi connectivity index (χ3n) is 5.95. The van der Waals surface area contributed by atoms with Gasteiger partial charge >= 0.3 is 0 Å². The second-order valence-corrected chi connectivity index (χ2v) is 7.41. The number of rotatable bonds is 4. The van der Waals surface area contributed by atoms with Crippen molar-refractivity contribution in [3.63, 3.8) is 0 Å². The molecule has 2 nitrogen and oxygen atoms in total. The molecule has 1 saturated heterocycles. The molecule has 3 aliphatic rings. The van der Waals surface area contributed by atoms with Crippen molar-refractivity contribution < 1.29 is 0 Å². The van der Waals surface area contributed by atoms with Gasteiger partial charge in [0, 0.05) is 24.7 Å². The molecule has 4 unspecified atom stereocenters. The average Bonchev–Trinajstić information content (AvgIpc) is 3.25. The molecule has 4 atom stereocenters. The molecule has 0 radical (unpaired) electrons. The Morgan fingerprint density at radius 1 is 0.947 bits per heavy atom. The minimum absolute atomic E-state index is 0.777. The van der Waals surface area contributed by atoms with E-state index in [-0.39, 0.29) is 0 Å². The Kier molecular flexibility index (Phi) is 4.48. The summed E-state index contributed by atoms with van der Waals surface area (Å²) in [6.07, 6.45) is 11.5. The summed E-state index contributed by atoms with van der Waals surface area (Å²) in [5.41, 5.74) is 0. The van der Waals surface area contributed by atoms with E-state index in [1.165, 1.54) is 64.5 Å². The minimum Gasteiger partial charge on any atom is -0.313 e. The molecule has 110 valence electrons. The van der Waals surface area contributed by atoms with Crippen LogP contribution in [-0.2, 0) is 0 Å². The highest BCUT2D eigenvalue weighted by Crippen LogP contribution is 2.38. The van der Waals surface area contributed by atoms with Crippen molar-refractivity contribution in [3.05, 3.63) is 0 Å². The first-order chi connectivity index (χ1) is 9.25. The van der Waals surface area contributed by atoms with Crippen LogP contribution in [0.15, 0.2) is 0 Å². The van der Waals surface area contributed by atoms with Crippen molar-refractivity contribution in [3.8, 4) is 0 Å². The number of nitrogens with zero attached hydrogens (tertiary/aromatic N) is 1. The monoisotopic (exact) mass is 264 g/mol. The van der Waals surface area contributed by atoms with Gasteiger partial charge in [-0.25, -0.2) is 0 Å². The van der Waals surface area contributed by atoms with E-state index in [0.717, 1.165) is 30.0 Å². The molecular formula is C17H32N2. The van der Waals surface area contributed by atoms with Gasteiger partial charge in [-0.2, -0.15) is 0 Å². The topological polar surface area (TPSA) is 15.3 Å². The van der Waals surface area contributed by atoms with Gasteiger partial charge in [0.15, 0.2) is 0 Å². The van der Waals surface area contributed by atoms with Crippen LogP contribution < -0.4 is 5.32 Å². The molecular weight excluding hydrogens is 232 g/mol. The first-order valence-corrected chi connectivity index (χ1v) is 8.75. The largest absolute Gasteiger partial charge is 0.313 e. The Morgan fingerprint density at radius 3 is 2.47 bits per heavy atom. The van der Waals surface area contributed by atoms with Gasteiger partial charge in [0.25, 0.3) is 0 Å². The summed E-state index contributed by atoms with van der Waals surface area (Å²) < 4.78 is 0. The highest BCUT2D eigenvalue weighted by molar-refractivity contribution is 4.95. The molecule has 0 aromatic heterocycles. The Labute approximate surface area is 119 Å². The van der Waals surface area contributed by atoms with Crippen molar-refractivity contribution in [1.82, 2.24) is 10.2 Å². The Bertz CT molecular complexity index is 281. The Hall–Kier alpha value is -0.0800.